The second kappa shape index (κ2) is 5.49. The van der Waals surface area contributed by atoms with Gasteiger partial charge in [-0.1, -0.05) is 23.7 Å². The Morgan fingerprint density at radius 2 is 1.95 bits per heavy atom. The predicted octanol–water partition coefficient (Wildman–Crippen LogP) is 4.68. The maximum absolute atomic E-state index is 9.52. The Bertz CT molecular complexity index is 686. The number of fused-ring (bicyclic) bond motifs is 3. The van der Waals surface area contributed by atoms with Crippen molar-refractivity contribution in [3.8, 4) is 5.75 Å². The first-order chi connectivity index (χ1) is 10.7. The number of aromatic hydroxyl groups is 1. The van der Waals surface area contributed by atoms with E-state index in [0.29, 0.717) is 11.7 Å². The fourth-order valence-corrected chi connectivity index (χ4v) is 3.83. The highest BCUT2D eigenvalue weighted by molar-refractivity contribution is 6.30. The third-order valence-corrected chi connectivity index (χ3v) is 4.91. The van der Waals surface area contributed by atoms with E-state index in [1.165, 1.54) is 5.56 Å². The van der Waals surface area contributed by atoms with Crippen molar-refractivity contribution in [3.05, 3.63) is 58.6 Å². The zero-order valence-corrected chi connectivity index (χ0v) is 12.9. The lowest BCUT2D eigenvalue weighted by atomic mass is 9.77. The number of phenols is 1. The second-order valence-electron chi connectivity index (χ2n) is 6.04. The molecule has 2 N–H and O–H groups in total. The summed E-state index contributed by atoms with van der Waals surface area (Å²) in [5.74, 6) is 0.674. The average molecular weight is 316 g/mol. The van der Waals surface area contributed by atoms with Crippen LogP contribution < -0.4 is 5.32 Å². The predicted molar refractivity (Wildman–Crippen MR) is 87.3 cm³/mol. The van der Waals surface area contributed by atoms with Crippen LogP contribution in [0.25, 0.3) is 0 Å². The largest absolute Gasteiger partial charge is 0.508 e. The fourth-order valence-electron chi connectivity index (χ4n) is 3.65. The second-order valence-corrected chi connectivity index (χ2v) is 6.48. The molecule has 3 nitrogen and oxygen atoms in total. The number of phenolic OH excluding ortho intramolecular Hbond substituents is 1. The van der Waals surface area contributed by atoms with Gasteiger partial charge in [0.15, 0.2) is 0 Å². The number of rotatable bonds is 1. The Morgan fingerprint density at radius 1 is 1.14 bits per heavy atom. The Morgan fingerprint density at radius 3 is 2.77 bits per heavy atom. The molecule has 0 aliphatic carbocycles. The van der Waals surface area contributed by atoms with E-state index in [1.54, 1.807) is 12.1 Å². The molecule has 0 spiro atoms. The van der Waals surface area contributed by atoms with Gasteiger partial charge in [-0.25, -0.2) is 0 Å². The van der Waals surface area contributed by atoms with Crippen LogP contribution in [0.3, 0.4) is 0 Å². The molecule has 4 heteroatoms. The van der Waals surface area contributed by atoms with Gasteiger partial charge in [-0.05, 0) is 48.7 Å². The lowest BCUT2D eigenvalue weighted by molar-refractivity contribution is -0.0381. The highest BCUT2D eigenvalue weighted by atomic mass is 35.5. The molecular weight excluding hydrogens is 298 g/mol. The summed E-state index contributed by atoms with van der Waals surface area (Å²) in [6, 6.07) is 13.6. The van der Waals surface area contributed by atoms with Crippen molar-refractivity contribution < 1.29 is 9.84 Å². The lowest BCUT2D eigenvalue weighted by Gasteiger charge is -2.43. The SMILES string of the molecule is Oc1ccc(C2Nc3ccc(Cl)cc3[C@H]3OCCC[C@@H]23)cc1. The minimum atomic E-state index is 0.0857. The van der Waals surface area contributed by atoms with Crippen molar-refractivity contribution >= 4 is 17.3 Å². The summed E-state index contributed by atoms with van der Waals surface area (Å²) in [6.45, 7) is 0.801. The molecule has 1 fully saturated rings. The molecule has 0 saturated carbocycles. The number of halogens is 1. The molecule has 0 bridgehead atoms. The van der Waals surface area contributed by atoms with Crippen LogP contribution in [0.4, 0.5) is 5.69 Å². The summed E-state index contributed by atoms with van der Waals surface area (Å²) in [6.07, 6.45) is 2.28. The number of benzene rings is 2. The van der Waals surface area contributed by atoms with E-state index < -0.39 is 0 Å². The minimum Gasteiger partial charge on any atom is -0.508 e. The first kappa shape index (κ1) is 13.9. The van der Waals surface area contributed by atoms with Gasteiger partial charge in [0.1, 0.15) is 5.75 Å². The van der Waals surface area contributed by atoms with Crippen molar-refractivity contribution in [1.29, 1.82) is 0 Å². The first-order valence-corrected chi connectivity index (χ1v) is 8.07. The fraction of sp³-hybridized carbons (Fsp3) is 0.333. The van der Waals surface area contributed by atoms with E-state index in [-0.39, 0.29) is 12.1 Å². The maximum Gasteiger partial charge on any atom is 0.115 e. The first-order valence-electron chi connectivity index (χ1n) is 7.69. The van der Waals surface area contributed by atoms with Crippen molar-refractivity contribution in [3.63, 3.8) is 0 Å². The average Bonchev–Trinajstić information content (AvgIpc) is 2.55. The molecule has 3 atom stereocenters. The van der Waals surface area contributed by atoms with Crippen LogP contribution in [0.1, 0.15) is 36.1 Å². The molecule has 2 aromatic carbocycles. The highest BCUT2D eigenvalue weighted by Gasteiger charge is 2.39. The van der Waals surface area contributed by atoms with Gasteiger partial charge in [0.05, 0.1) is 12.1 Å². The van der Waals surface area contributed by atoms with Crippen molar-refractivity contribution in [2.45, 2.75) is 25.0 Å². The molecule has 0 amide bonds. The Hall–Kier alpha value is -1.71. The summed E-state index contributed by atoms with van der Waals surface area (Å²) < 4.78 is 6.09. The molecule has 2 aliphatic rings. The monoisotopic (exact) mass is 315 g/mol. The van der Waals surface area contributed by atoms with E-state index in [9.17, 15) is 5.11 Å². The molecule has 2 aromatic rings. The van der Waals surface area contributed by atoms with Crippen LogP contribution >= 0.6 is 11.6 Å². The molecule has 1 unspecified atom stereocenters. The van der Waals surface area contributed by atoms with E-state index in [1.807, 2.05) is 30.3 Å². The van der Waals surface area contributed by atoms with Crippen LogP contribution in [-0.4, -0.2) is 11.7 Å². The smallest absolute Gasteiger partial charge is 0.115 e. The van der Waals surface area contributed by atoms with Crippen LogP contribution in [0.15, 0.2) is 42.5 Å². The van der Waals surface area contributed by atoms with Gasteiger partial charge in [0, 0.05) is 28.8 Å². The normalized spacial score (nSPS) is 26.7. The molecule has 2 aliphatic heterocycles. The highest BCUT2D eigenvalue weighted by Crippen LogP contribution is 2.49. The molecule has 0 radical (unpaired) electrons. The zero-order chi connectivity index (χ0) is 15.1. The van der Waals surface area contributed by atoms with Gasteiger partial charge in [0.2, 0.25) is 0 Å². The Balaban J connectivity index is 1.77. The molecular formula is C18H18ClNO2. The summed E-state index contributed by atoms with van der Waals surface area (Å²) in [5, 5.41) is 13.9. The number of anilines is 1. The molecule has 0 aromatic heterocycles. The van der Waals surface area contributed by atoms with Gasteiger partial charge in [-0.3, -0.25) is 0 Å². The quantitative estimate of drug-likeness (QED) is 0.803. The van der Waals surface area contributed by atoms with E-state index in [4.69, 9.17) is 16.3 Å². The van der Waals surface area contributed by atoms with Gasteiger partial charge in [0.25, 0.3) is 0 Å². The van der Waals surface area contributed by atoms with Crippen LogP contribution in [0, 0.1) is 5.92 Å². The lowest BCUT2D eigenvalue weighted by Crippen LogP contribution is -2.35. The standard InChI is InChI=1S/C18H18ClNO2/c19-12-5-8-16-15(10-12)18-14(2-1-9-22-18)17(20-16)11-3-6-13(21)7-4-11/h3-8,10,14,17-18,20-21H,1-2,9H2/t14-,17?,18-/m0/s1. The molecule has 1 saturated heterocycles. The summed E-state index contributed by atoms with van der Waals surface area (Å²) >= 11 is 6.17. The molecule has 2 heterocycles. The number of hydrogen-bond donors (Lipinski definition) is 2. The third-order valence-electron chi connectivity index (χ3n) is 4.68. The van der Waals surface area contributed by atoms with E-state index in [2.05, 4.69) is 5.32 Å². The van der Waals surface area contributed by atoms with E-state index >= 15 is 0 Å². The molecule has 114 valence electrons. The number of ether oxygens (including phenoxy) is 1. The Kier molecular flexibility index (Phi) is 3.47. The van der Waals surface area contributed by atoms with Gasteiger partial charge < -0.3 is 15.2 Å². The van der Waals surface area contributed by atoms with Gasteiger partial charge in [-0.15, -0.1) is 0 Å². The summed E-state index contributed by atoms with van der Waals surface area (Å²) in [7, 11) is 0. The van der Waals surface area contributed by atoms with E-state index in [0.717, 1.165) is 35.7 Å². The molecule has 22 heavy (non-hydrogen) atoms. The van der Waals surface area contributed by atoms with Crippen molar-refractivity contribution in [1.82, 2.24) is 0 Å². The topological polar surface area (TPSA) is 41.5 Å². The number of hydrogen-bond acceptors (Lipinski definition) is 3. The van der Waals surface area contributed by atoms with Gasteiger partial charge in [-0.2, -0.15) is 0 Å². The van der Waals surface area contributed by atoms with Crippen molar-refractivity contribution in [2.24, 2.45) is 5.92 Å². The zero-order valence-electron chi connectivity index (χ0n) is 12.1. The van der Waals surface area contributed by atoms with Crippen LogP contribution in [0.5, 0.6) is 5.75 Å². The van der Waals surface area contributed by atoms with Crippen LogP contribution in [0.2, 0.25) is 5.02 Å². The number of nitrogens with one attached hydrogen (secondary N) is 1. The summed E-state index contributed by atoms with van der Waals surface area (Å²) in [5.41, 5.74) is 3.43. The van der Waals surface area contributed by atoms with Gasteiger partial charge >= 0.3 is 0 Å². The third kappa shape index (κ3) is 2.34. The Labute approximate surface area is 134 Å². The summed E-state index contributed by atoms with van der Waals surface area (Å²) in [4.78, 5) is 0. The van der Waals surface area contributed by atoms with Crippen molar-refractivity contribution in [2.75, 3.05) is 11.9 Å². The maximum atomic E-state index is 9.52. The molecule has 4 rings (SSSR count). The van der Waals surface area contributed by atoms with Crippen LogP contribution in [-0.2, 0) is 4.74 Å². The minimum absolute atomic E-state index is 0.0857.